The van der Waals surface area contributed by atoms with E-state index in [4.69, 9.17) is 0 Å². The van der Waals surface area contributed by atoms with Gasteiger partial charge in [-0.1, -0.05) is 85.8 Å². The van der Waals surface area contributed by atoms with Crippen LogP contribution in [0.25, 0.3) is 17.1 Å². The van der Waals surface area contributed by atoms with Crippen LogP contribution in [0.5, 0.6) is 0 Å². The van der Waals surface area contributed by atoms with Gasteiger partial charge >= 0.3 is 0 Å². The van der Waals surface area contributed by atoms with Crippen molar-refractivity contribution in [2.45, 2.75) is 38.6 Å². The molecule has 0 unspecified atom stereocenters. The maximum atomic E-state index is 12.3. The molecule has 0 fully saturated rings. The minimum atomic E-state index is -0.0325. The molecule has 0 aliphatic rings. The van der Waals surface area contributed by atoms with Crippen molar-refractivity contribution in [3.05, 3.63) is 95.1 Å². The molecule has 0 radical (unpaired) electrons. The van der Waals surface area contributed by atoms with E-state index >= 15 is 0 Å². The summed E-state index contributed by atoms with van der Waals surface area (Å²) in [5.41, 5.74) is 6.28. The normalized spacial score (nSPS) is 11.1. The van der Waals surface area contributed by atoms with Crippen LogP contribution in [0.2, 0.25) is 0 Å². The zero-order valence-electron chi connectivity index (χ0n) is 20.1. The molecule has 1 N–H and O–H groups in total. The van der Waals surface area contributed by atoms with Crippen molar-refractivity contribution >= 4 is 17.7 Å². The number of hydrogen-bond donors (Lipinski definition) is 1. The molecular weight excluding hydrogens is 440 g/mol. The van der Waals surface area contributed by atoms with Crippen LogP contribution in [0, 0.1) is 19.8 Å². The average molecular weight is 471 g/mol. The zero-order chi connectivity index (χ0) is 24.1. The van der Waals surface area contributed by atoms with E-state index in [1.54, 1.807) is 11.8 Å². The van der Waals surface area contributed by atoms with Gasteiger partial charge in [-0.25, -0.2) is 0 Å². The lowest BCUT2D eigenvalue weighted by Crippen LogP contribution is -2.27. The first-order valence-electron chi connectivity index (χ1n) is 11.5. The predicted octanol–water partition coefficient (Wildman–Crippen LogP) is 6.23. The molecule has 1 heterocycles. The predicted molar refractivity (Wildman–Crippen MR) is 139 cm³/mol. The lowest BCUT2D eigenvalue weighted by molar-refractivity contribution is 0.0949. The highest BCUT2D eigenvalue weighted by Gasteiger charge is 2.17. The summed E-state index contributed by atoms with van der Waals surface area (Å²) in [5.74, 6) is 1.95. The third kappa shape index (κ3) is 5.57. The SMILES string of the molecule is Cc1ccc(-c2nnc(SCc3ccc(C(=O)NCC(C)C)cc3)n2-c2ccccc2C)cc1. The summed E-state index contributed by atoms with van der Waals surface area (Å²) in [6.45, 7) is 9.03. The molecule has 0 bridgehead atoms. The number of amides is 1. The van der Waals surface area contributed by atoms with E-state index in [-0.39, 0.29) is 5.91 Å². The average Bonchev–Trinajstić information content (AvgIpc) is 3.26. The van der Waals surface area contributed by atoms with Gasteiger partial charge in [-0.15, -0.1) is 10.2 Å². The Hall–Kier alpha value is -3.38. The molecule has 174 valence electrons. The molecule has 0 spiro atoms. The van der Waals surface area contributed by atoms with E-state index in [1.807, 2.05) is 36.4 Å². The molecule has 0 aliphatic heterocycles. The first-order chi connectivity index (χ1) is 16.4. The maximum Gasteiger partial charge on any atom is 0.251 e. The van der Waals surface area contributed by atoms with E-state index < -0.39 is 0 Å². The molecule has 0 saturated carbocycles. The fourth-order valence-corrected chi connectivity index (χ4v) is 4.48. The van der Waals surface area contributed by atoms with E-state index in [1.165, 1.54) is 5.56 Å². The zero-order valence-corrected chi connectivity index (χ0v) is 20.9. The lowest BCUT2D eigenvalue weighted by Gasteiger charge is -2.13. The van der Waals surface area contributed by atoms with Gasteiger partial charge < -0.3 is 5.32 Å². The van der Waals surface area contributed by atoms with E-state index in [2.05, 4.69) is 84.2 Å². The Bertz CT molecular complexity index is 1260. The number of aryl methyl sites for hydroxylation is 2. The van der Waals surface area contributed by atoms with Gasteiger partial charge in [0.25, 0.3) is 5.91 Å². The number of para-hydroxylation sites is 1. The summed E-state index contributed by atoms with van der Waals surface area (Å²) in [7, 11) is 0. The Balaban J connectivity index is 1.57. The molecule has 4 aromatic rings. The monoisotopic (exact) mass is 470 g/mol. The van der Waals surface area contributed by atoms with Crippen LogP contribution in [0.3, 0.4) is 0 Å². The smallest absolute Gasteiger partial charge is 0.251 e. The summed E-state index contributed by atoms with van der Waals surface area (Å²) >= 11 is 1.64. The Morgan fingerprint density at radius 2 is 1.65 bits per heavy atom. The Morgan fingerprint density at radius 1 is 0.941 bits per heavy atom. The van der Waals surface area contributed by atoms with E-state index in [0.717, 1.165) is 39.1 Å². The molecule has 1 amide bonds. The molecule has 4 rings (SSSR count). The van der Waals surface area contributed by atoms with Crippen molar-refractivity contribution < 1.29 is 4.79 Å². The van der Waals surface area contributed by atoms with Gasteiger partial charge in [-0.05, 0) is 49.1 Å². The lowest BCUT2D eigenvalue weighted by atomic mass is 10.1. The molecule has 0 atom stereocenters. The highest BCUT2D eigenvalue weighted by molar-refractivity contribution is 7.98. The highest BCUT2D eigenvalue weighted by Crippen LogP contribution is 2.31. The Morgan fingerprint density at radius 3 is 2.32 bits per heavy atom. The number of hydrogen-bond acceptors (Lipinski definition) is 4. The second-order valence-electron chi connectivity index (χ2n) is 8.88. The van der Waals surface area contributed by atoms with Crippen LogP contribution < -0.4 is 5.32 Å². The number of nitrogens with zero attached hydrogens (tertiary/aromatic N) is 3. The summed E-state index contributed by atoms with van der Waals surface area (Å²) in [5, 5.41) is 12.9. The number of carbonyl (C=O) groups is 1. The molecule has 3 aromatic carbocycles. The van der Waals surface area contributed by atoms with Gasteiger partial charge in [0.2, 0.25) is 0 Å². The molecule has 0 saturated heterocycles. The number of nitrogens with one attached hydrogen (secondary N) is 1. The van der Waals surface area contributed by atoms with Crippen molar-refractivity contribution in [3.63, 3.8) is 0 Å². The van der Waals surface area contributed by atoms with Crippen LogP contribution in [-0.2, 0) is 5.75 Å². The molecule has 34 heavy (non-hydrogen) atoms. The third-order valence-electron chi connectivity index (χ3n) is 5.55. The van der Waals surface area contributed by atoms with Gasteiger partial charge in [-0.2, -0.15) is 0 Å². The number of aromatic nitrogens is 3. The minimum Gasteiger partial charge on any atom is -0.352 e. The van der Waals surface area contributed by atoms with Gasteiger partial charge in [0.05, 0.1) is 5.69 Å². The standard InChI is InChI=1S/C28H30N4OS/c1-19(2)17-29-27(33)24-15-11-22(12-16-24)18-34-28-31-30-26(23-13-9-20(3)10-14-23)32(28)25-8-6-5-7-21(25)4/h5-16,19H,17-18H2,1-4H3,(H,29,33). The summed E-state index contributed by atoms with van der Waals surface area (Å²) in [6.07, 6.45) is 0. The van der Waals surface area contributed by atoms with Gasteiger partial charge in [-0.3, -0.25) is 9.36 Å². The fourth-order valence-electron chi connectivity index (χ4n) is 3.58. The molecule has 0 aliphatic carbocycles. The molecule has 1 aromatic heterocycles. The van der Waals surface area contributed by atoms with Crippen molar-refractivity contribution in [3.8, 4) is 17.1 Å². The van der Waals surface area contributed by atoms with Crippen LogP contribution in [0.15, 0.2) is 78.0 Å². The molecule has 6 heteroatoms. The largest absolute Gasteiger partial charge is 0.352 e. The van der Waals surface area contributed by atoms with Crippen molar-refractivity contribution in [2.24, 2.45) is 5.92 Å². The van der Waals surface area contributed by atoms with E-state index in [9.17, 15) is 4.79 Å². The van der Waals surface area contributed by atoms with Crippen molar-refractivity contribution in [1.29, 1.82) is 0 Å². The summed E-state index contributed by atoms with van der Waals surface area (Å²) in [4.78, 5) is 12.3. The minimum absolute atomic E-state index is 0.0325. The first kappa shape index (κ1) is 23.8. The van der Waals surface area contributed by atoms with Crippen molar-refractivity contribution in [1.82, 2.24) is 20.1 Å². The number of thioether (sulfide) groups is 1. The Kier molecular flexibility index (Phi) is 7.48. The third-order valence-corrected chi connectivity index (χ3v) is 6.55. The topological polar surface area (TPSA) is 59.8 Å². The number of benzene rings is 3. The molecular formula is C28H30N4OS. The number of carbonyl (C=O) groups excluding carboxylic acids is 1. The van der Waals surface area contributed by atoms with Gasteiger partial charge in [0.15, 0.2) is 11.0 Å². The van der Waals surface area contributed by atoms with Crippen LogP contribution in [0.1, 0.15) is 40.9 Å². The number of rotatable bonds is 8. The maximum absolute atomic E-state index is 12.3. The van der Waals surface area contributed by atoms with Gasteiger partial charge in [0, 0.05) is 23.4 Å². The van der Waals surface area contributed by atoms with Crippen LogP contribution in [0.4, 0.5) is 0 Å². The second-order valence-corrected chi connectivity index (χ2v) is 9.83. The Labute approximate surface area is 205 Å². The summed E-state index contributed by atoms with van der Waals surface area (Å²) in [6, 6.07) is 24.4. The molecule has 5 nitrogen and oxygen atoms in total. The van der Waals surface area contributed by atoms with Crippen molar-refractivity contribution in [2.75, 3.05) is 6.54 Å². The van der Waals surface area contributed by atoms with Crippen LogP contribution in [-0.4, -0.2) is 27.2 Å². The first-order valence-corrected chi connectivity index (χ1v) is 12.5. The van der Waals surface area contributed by atoms with Crippen LogP contribution >= 0.6 is 11.8 Å². The quantitative estimate of drug-likeness (QED) is 0.310. The van der Waals surface area contributed by atoms with E-state index in [0.29, 0.717) is 18.0 Å². The summed E-state index contributed by atoms with van der Waals surface area (Å²) < 4.78 is 2.14. The highest BCUT2D eigenvalue weighted by atomic mass is 32.2. The second kappa shape index (κ2) is 10.7. The fraction of sp³-hybridized carbons (Fsp3) is 0.250. The van der Waals surface area contributed by atoms with Gasteiger partial charge in [0.1, 0.15) is 0 Å².